The summed E-state index contributed by atoms with van der Waals surface area (Å²) in [5, 5.41) is 18.9. The van der Waals surface area contributed by atoms with Crippen LogP contribution in [0.25, 0.3) is 22.8 Å². The molecule has 39 heavy (non-hydrogen) atoms. The van der Waals surface area contributed by atoms with Crippen LogP contribution in [0.3, 0.4) is 0 Å². The van der Waals surface area contributed by atoms with Crippen molar-refractivity contribution in [3.63, 3.8) is 0 Å². The molecular formula is C29H33N7O3. The minimum Gasteiger partial charge on any atom is -0.380 e. The summed E-state index contributed by atoms with van der Waals surface area (Å²) >= 11 is 0. The van der Waals surface area contributed by atoms with Crippen LogP contribution in [-0.2, 0) is 6.54 Å². The molecule has 0 saturated heterocycles. The number of H-pyrrole nitrogens is 1. The zero-order valence-corrected chi connectivity index (χ0v) is 22.0. The molecule has 0 bridgehead atoms. The van der Waals surface area contributed by atoms with Gasteiger partial charge in [0.25, 0.3) is 0 Å². The zero-order valence-electron chi connectivity index (χ0n) is 22.0. The number of aromatic amines is 1. The third-order valence-corrected chi connectivity index (χ3v) is 8.39. The van der Waals surface area contributed by atoms with Gasteiger partial charge in [-0.2, -0.15) is 0 Å². The number of imidazole rings is 1. The Morgan fingerprint density at radius 1 is 1.15 bits per heavy atom. The maximum atomic E-state index is 11.7. The highest BCUT2D eigenvalue weighted by Gasteiger charge is 2.30. The lowest BCUT2D eigenvalue weighted by molar-refractivity contribution is 0.199. The third kappa shape index (κ3) is 5.06. The van der Waals surface area contributed by atoms with Crippen LogP contribution in [-0.4, -0.2) is 40.8 Å². The summed E-state index contributed by atoms with van der Waals surface area (Å²) < 4.78 is 6.80. The van der Waals surface area contributed by atoms with E-state index in [1.54, 1.807) is 0 Å². The van der Waals surface area contributed by atoms with E-state index < -0.39 is 11.9 Å². The van der Waals surface area contributed by atoms with Crippen molar-refractivity contribution in [2.75, 3.05) is 5.32 Å². The molecule has 0 spiro atoms. The molecule has 202 valence electrons. The summed E-state index contributed by atoms with van der Waals surface area (Å²) in [5.74, 6) is 4.95. The minimum atomic E-state index is -0.949. The zero-order chi connectivity index (χ0) is 26.9. The van der Waals surface area contributed by atoms with Crippen molar-refractivity contribution < 1.29 is 9.63 Å². The summed E-state index contributed by atoms with van der Waals surface area (Å²) in [6, 6.07) is 9.68. The lowest BCUT2D eigenvalue weighted by Gasteiger charge is -2.32. The topological polar surface area (TPSA) is 135 Å². The first-order valence-corrected chi connectivity index (χ1v) is 13.8. The highest BCUT2D eigenvalue weighted by atomic mass is 16.5. The fraction of sp³-hybridized carbons (Fsp3) is 0.483. The molecule has 10 nitrogen and oxygen atoms in total. The average Bonchev–Trinajstić information content (AvgIpc) is 3.52. The number of aromatic nitrogens is 6. The normalized spacial score (nSPS) is 21.3. The van der Waals surface area contributed by atoms with Gasteiger partial charge in [0.2, 0.25) is 11.6 Å². The molecule has 6 rings (SSSR count). The van der Waals surface area contributed by atoms with Crippen molar-refractivity contribution in [2.24, 2.45) is 17.8 Å². The molecule has 3 N–H and O–H groups in total. The Hall–Kier alpha value is -3.97. The van der Waals surface area contributed by atoms with E-state index in [0.717, 1.165) is 36.8 Å². The van der Waals surface area contributed by atoms with Crippen molar-refractivity contribution in [3.8, 4) is 24.0 Å². The first-order chi connectivity index (χ1) is 19.0. The van der Waals surface area contributed by atoms with Gasteiger partial charge in [0.15, 0.2) is 11.5 Å². The first-order valence-electron chi connectivity index (χ1n) is 13.8. The molecule has 2 saturated carbocycles. The van der Waals surface area contributed by atoms with E-state index in [1.165, 1.54) is 19.3 Å². The van der Waals surface area contributed by atoms with E-state index in [1.807, 2.05) is 30.3 Å². The number of rotatable bonds is 8. The predicted octanol–water partition coefficient (Wildman–Crippen LogP) is 4.29. The molecule has 10 heteroatoms. The van der Waals surface area contributed by atoms with Gasteiger partial charge in [0, 0.05) is 18.5 Å². The van der Waals surface area contributed by atoms with E-state index in [-0.39, 0.29) is 17.7 Å². The Labute approximate surface area is 226 Å². The lowest BCUT2D eigenvalue weighted by atomic mass is 9.80. The number of nitrogens with zero attached hydrogens (tertiary/aromatic N) is 5. The third-order valence-electron chi connectivity index (χ3n) is 8.39. The summed E-state index contributed by atoms with van der Waals surface area (Å²) in [7, 11) is 0. The van der Waals surface area contributed by atoms with Crippen LogP contribution < -0.4 is 11.1 Å². The van der Waals surface area contributed by atoms with Crippen LogP contribution in [0.15, 0.2) is 39.6 Å². The van der Waals surface area contributed by atoms with Gasteiger partial charge >= 0.3 is 5.76 Å². The van der Waals surface area contributed by atoms with Crippen molar-refractivity contribution in [2.45, 2.75) is 70.6 Å². The van der Waals surface area contributed by atoms with Gasteiger partial charge in [0.1, 0.15) is 17.4 Å². The Morgan fingerprint density at radius 2 is 1.92 bits per heavy atom. The summed E-state index contributed by atoms with van der Waals surface area (Å²) in [6.07, 6.45) is 12.3. The van der Waals surface area contributed by atoms with Gasteiger partial charge in [-0.1, -0.05) is 41.9 Å². The number of nitrogens with one attached hydrogen (secondary N) is 2. The van der Waals surface area contributed by atoms with E-state index in [0.29, 0.717) is 41.6 Å². The SMILES string of the molecule is C#CC1CCC(Cn2c(C(O)c3ccccc3)nc3nc(-c4noc(=O)[nH]4)nc(N[C@H](C)C4CCC4)c32)CC1. The molecule has 2 aliphatic rings. The lowest BCUT2D eigenvalue weighted by Crippen LogP contribution is -2.31. The van der Waals surface area contributed by atoms with Gasteiger partial charge in [-0.15, -0.1) is 12.3 Å². The van der Waals surface area contributed by atoms with Crippen molar-refractivity contribution in [1.29, 1.82) is 0 Å². The maximum absolute atomic E-state index is 11.7. The van der Waals surface area contributed by atoms with E-state index in [2.05, 4.69) is 37.9 Å². The number of hydrogen-bond acceptors (Lipinski definition) is 8. The maximum Gasteiger partial charge on any atom is 0.439 e. The molecule has 3 heterocycles. The van der Waals surface area contributed by atoms with Crippen molar-refractivity contribution in [3.05, 3.63) is 52.3 Å². The van der Waals surface area contributed by atoms with Crippen LogP contribution in [0.5, 0.6) is 0 Å². The van der Waals surface area contributed by atoms with Gasteiger partial charge in [-0.25, -0.2) is 19.7 Å². The predicted molar refractivity (Wildman–Crippen MR) is 147 cm³/mol. The number of anilines is 1. The molecule has 1 aromatic carbocycles. The molecule has 3 aromatic heterocycles. The molecule has 1 unspecified atom stereocenters. The fourth-order valence-electron chi connectivity index (χ4n) is 5.81. The average molecular weight is 528 g/mol. The van der Waals surface area contributed by atoms with Crippen LogP contribution in [0.4, 0.5) is 5.82 Å². The highest BCUT2D eigenvalue weighted by Crippen LogP contribution is 2.36. The van der Waals surface area contributed by atoms with E-state index in [4.69, 9.17) is 20.9 Å². The van der Waals surface area contributed by atoms with Crippen LogP contribution in [0.1, 0.15) is 69.4 Å². The molecule has 0 aliphatic heterocycles. The van der Waals surface area contributed by atoms with Crippen molar-refractivity contribution in [1.82, 2.24) is 29.7 Å². The van der Waals surface area contributed by atoms with E-state index >= 15 is 0 Å². The quantitative estimate of drug-likeness (QED) is 0.289. The standard InChI is InChI=1S/C29H33N7O3/c1-3-18-12-14-19(15-13-18)16-36-22-24(30-17(2)20-10-7-11-20)31-26(27-34-29(38)39-35-27)32-25(22)33-28(36)23(37)21-8-5-4-6-9-21/h1,4-6,8-9,17-20,23,37H,7,10-16H2,2H3,(H,30,31,32)(H,34,35,38)/t17-,18?,19?,23?/m1/s1. The Morgan fingerprint density at radius 3 is 2.56 bits per heavy atom. The molecule has 0 amide bonds. The second-order valence-electron chi connectivity index (χ2n) is 10.9. The Balaban J connectivity index is 1.48. The summed E-state index contributed by atoms with van der Waals surface area (Å²) in [4.78, 5) is 28.6. The van der Waals surface area contributed by atoms with Gasteiger partial charge < -0.3 is 15.0 Å². The summed E-state index contributed by atoms with van der Waals surface area (Å²) in [5.41, 5.74) is 1.91. The minimum absolute atomic E-state index is 0.133. The first kappa shape index (κ1) is 25.3. The van der Waals surface area contributed by atoms with Crippen LogP contribution in [0, 0.1) is 30.1 Å². The van der Waals surface area contributed by atoms with E-state index in [9.17, 15) is 9.90 Å². The smallest absolute Gasteiger partial charge is 0.380 e. The number of benzene rings is 1. The summed E-state index contributed by atoms with van der Waals surface area (Å²) in [6.45, 7) is 2.83. The molecule has 0 radical (unpaired) electrons. The second-order valence-corrected chi connectivity index (χ2v) is 10.9. The fourth-order valence-corrected chi connectivity index (χ4v) is 5.81. The van der Waals surface area contributed by atoms with Crippen LogP contribution in [0.2, 0.25) is 0 Å². The Kier molecular flexibility index (Phi) is 6.92. The molecule has 2 fully saturated rings. The number of hydrogen-bond donors (Lipinski definition) is 3. The number of aliphatic hydroxyl groups excluding tert-OH is 1. The highest BCUT2D eigenvalue weighted by molar-refractivity contribution is 5.86. The van der Waals surface area contributed by atoms with Crippen LogP contribution >= 0.6 is 0 Å². The van der Waals surface area contributed by atoms with Gasteiger partial charge in [-0.3, -0.25) is 9.51 Å². The Bertz CT molecular complexity index is 1540. The monoisotopic (exact) mass is 527 g/mol. The number of fused-ring (bicyclic) bond motifs is 1. The number of terminal acetylenes is 1. The largest absolute Gasteiger partial charge is 0.439 e. The molecule has 2 atom stereocenters. The molecule has 4 aromatic rings. The molecular weight excluding hydrogens is 494 g/mol. The van der Waals surface area contributed by atoms with Gasteiger partial charge in [0.05, 0.1) is 0 Å². The molecule has 2 aliphatic carbocycles. The van der Waals surface area contributed by atoms with Gasteiger partial charge in [-0.05, 0) is 62.8 Å². The van der Waals surface area contributed by atoms with Crippen molar-refractivity contribution >= 4 is 17.0 Å². The second kappa shape index (κ2) is 10.7. The number of aliphatic hydroxyl groups is 1.